The van der Waals surface area contributed by atoms with E-state index in [1.807, 2.05) is 4.90 Å². The van der Waals surface area contributed by atoms with Crippen LogP contribution in [-0.2, 0) is 19.1 Å². The molecular weight excluding hydrogens is 512 g/mol. The third kappa shape index (κ3) is 9.00. The highest BCUT2D eigenvalue weighted by Crippen LogP contribution is 2.24. The van der Waals surface area contributed by atoms with Crippen molar-refractivity contribution in [3.63, 3.8) is 0 Å². The van der Waals surface area contributed by atoms with Crippen molar-refractivity contribution in [2.45, 2.75) is 73.9 Å². The van der Waals surface area contributed by atoms with Crippen LogP contribution in [-0.4, -0.2) is 171 Å². The Kier molecular flexibility index (Phi) is 13.7. The van der Waals surface area contributed by atoms with Gasteiger partial charge in [0, 0.05) is 39.3 Å². The van der Waals surface area contributed by atoms with E-state index in [9.17, 15) is 50.4 Å². The van der Waals surface area contributed by atoms with Crippen molar-refractivity contribution in [1.29, 1.82) is 0 Å². The summed E-state index contributed by atoms with van der Waals surface area (Å²) in [7, 11) is 0. The average Bonchev–Trinajstić information content (AvgIpc) is 2.89. The van der Waals surface area contributed by atoms with Gasteiger partial charge in [-0.3, -0.25) is 14.5 Å². The predicted octanol–water partition coefficient (Wildman–Crippen LogP) is -7.06. The Hall–Kier alpha value is -1.54. The fourth-order valence-corrected chi connectivity index (χ4v) is 4.43. The normalized spacial score (nSPS) is 35.7. The molecule has 0 bridgehead atoms. The zero-order valence-electron chi connectivity index (χ0n) is 21.1. The maximum absolute atomic E-state index is 12.3. The zero-order chi connectivity index (χ0) is 28.4. The Balaban J connectivity index is 1.72. The first-order chi connectivity index (χ1) is 18.0. The molecule has 2 amide bonds. The lowest BCUT2D eigenvalue weighted by Gasteiger charge is -2.39. The summed E-state index contributed by atoms with van der Waals surface area (Å²) < 4.78 is 10.7. The van der Waals surface area contributed by atoms with Crippen molar-refractivity contribution in [2.24, 2.45) is 5.73 Å². The molecule has 2 saturated heterocycles. The number of nitrogens with two attached hydrogens (primary N) is 1. The van der Waals surface area contributed by atoms with Crippen LogP contribution in [0.15, 0.2) is 0 Å². The van der Waals surface area contributed by atoms with E-state index >= 15 is 0 Å². The lowest BCUT2D eigenvalue weighted by atomic mass is 9.93. The van der Waals surface area contributed by atoms with Gasteiger partial charge < -0.3 is 66.7 Å². The summed E-state index contributed by atoms with van der Waals surface area (Å²) in [5.41, 5.74) is 5.64. The van der Waals surface area contributed by atoms with Crippen molar-refractivity contribution in [2.75, 3.05) is 52.5 Å². The maximum atomic E-state index is 12.3. The Morgan fingerprint density at radius 1 is 0.632 bits per heavy atom. The average molecular weight is 555 g/mol. The second-order valence-electron chi connectivity index (χ2n) is 9.47. The third-order valence-electron chi connectivity index (χ3n) is 6.70. The van der Waals surface area contributed by atoms with Crippen LogP contribution in [0.2, 0.25) is 0 Å². The van der Waals surface area contributed by atoms with Gasteiger partial charge in [0.25, 0.3) is 0 Å². The molecule has 16 nitrogen and oxygen atoms in total. The number of nitrogens with one attached hydrogen (secondary N) is 2. The topological polar surface area (TPSA) is 268 Å². The second kappa shape index (κ2) is 15.9. The van der Waals surface area contributed by atoms with E-state index in [4.69, 9.17) is 15.2 Å². The molecule has 0 unspecified atom stereocenters. The summed E-state index contributed by atoms with van der Waals surface area (Å²) in [6.07, 6.45) is -14.1. The maximum Gasteiger partial charge on any atom is 0.222 e. The van der Waals surface area contributed by atoms with Gasteiger partial charge in [-0.25, -0.2) is 0 Å². The molecule has 2 fully saturated rings. The number of amides is 2. The van der Waals surface area contributed by atoms with E-state index in [1.54, 1.807) is 0 Å². The van der Waals surface area contributed by atoms with Crippen LogP contribution in [0.5, 0.6) is 0 Å². The number of ether oxygens (including phenoxy) is 2. The molecule has 2 rings (SSSR count). The van der Waals surface area contributed by atoms with E-state index in [1.165, 1.54) is 0 Å². The summed E-state index contributed by atoms with van der Waals surface area (Å²) in [6, 6.07) is 0. The van der Waals surface area contributed by atoms with Crippen LogP contribution in [0.25, 0.3) is 0 Å². The van der Waals surface area contributed by atoms with Gasteiger partial charge in [0.05, 0.1) is 38.3 Å². The number of nitrogens with zero attached hydrogens (tertiary/aromatic N) is 1. The molecule has 0 aromatic heterocycles. The fourth-order valence-electron chi connectivity index (χ4n) is 4.43. The lowest BCUT2D eigenvalue weighted by Crippen LogP contribution is -2.59. The molecule has 0 aliphatic carbocycles. The van der Waals surface area contributed by atoms with Gasteiger partial charge in [-0.05, 0) is 0 Å². The molecule has 0 aromatic carbocycles. The Morgan fingerprint density at radius 3 is 1.34 bits per heavy atom. The molecule has 222 valence electrons. The first kappa shape index (κ1) is 32.7. The zero-order valence-corrected chi connectivity index (χ0v) is 21.1. The highest BCUT2D eigenvalue weighted by Gasteiger charge is 2.45. The number of rotatable bonds is 14. The highest BCUT2D eigenvalue weighted by molar-refractivity contribution is 5.77. The van der Waals surface area contributed by atoms with E-state index in [0.29, 0.717) is 26.2 Å². The van der Waals surface area contributed by atoms with Gasteiger partial charge in [0.1, 0.15) is 48.8 Å². The van der Waals surface area contributed by atoms with Crippen LogP contribution in [0.3, 0.4) is 0 Å². The van der Waals surface area contributed by atoms with Crippen LogP contribution in [0.4, 0.5) is 0 Å². The van der Waals surface area contributed by atoms with Crippen LogP contribution in [0, 0.1) is 0 Å². The molecule has 2 heterocycles. The number of hydrogen-bond acceptors (Lipinski definition) is 14. The van der Waals surface area contributed by atoms with E-state index in [0.717, 1.165) is 0 Å². The van der Waals surface area contributed by atoms with Gasteiger partial charge in [-0.1, -0.05) is 0 Å². The Labute approximate surface area is 219 Å². The van der Waals surface area contributed by atoms with Crippen LogP contribution in [0.1, 0.15) is 12.8 Å². The van der Waals surface area contributed by atoms with Gasteiger partial charge in [0.2, 0.25) is 11.8 Å². The van der Waals surface area contributed by atoms with Crippen LogP contribution < -0.4 is 16.4 Å². The minimum atomic E-state index is -1.56. The minimum absolute atomic E-state index is 0.203. The molecule has 0 spiro atoms. The number of carbonyl (C=O) groups is 2. The number of aliphatic hydroxyl groups is 8. The SMILES string of the molecule is NCCN(CCNC(=O)C[C@@H]1O[C@H](CO)[C@H](O)[C@H](O)[C@H]1O)CCNC(=O)C[C@@H]1O[C@H](CO)[C@H](O)[C@H](O)[C@H]1O. The summed E-state index contributed by atoms with van der Waals surface area (Å²) in [5.74, 6) is -0.954. The number of carbonyl (C=O) groups excluding carboxylic acids is 2. The van der Waals surface area contributed by atoms with Crippen molar-refractivity contribution < 1.29 is 59.9 Å². The molecule has 2 aliphatic rings. The largest absolute Gasteiger partial charge is 0.394 e. The first-order valence-corrected chi connectivity index (χ1v) is 12.6. The molecule has 12 N–H and O–H groups in total. The second-order valence-corrected chi connectivity index (χ2v) is 9.47. The highest BCUT2D eigenvalue weighted by atomic mass is 16.6. The minimum Gasteiger partial charge on any atom is -0.394 e. The lowest BCUT2D eigenvalue weighted by molar-refractivity contribution is -0.229. The summed E-state index contributed by atoms with van der Waals surface area (Å²) in [5, 5.41) is 83.2. The molecule has 0 aromatic rings. The molecule has 38 heavy (non-hydrogen) atoms. The fraction of sp³-hybridized carbons (Fsp3) is 0.909. The Morgan fingerprint density at radius 2 is 1.00 bits per heavy atom. The third-order valence-corrected chi connectivity index (χ3v) is 6.70. The predicted molar refractivity (Wildman–Crippen MR) is 128 cm³/mol. The first-order valence-electron chi connectivity index (χ1n) is 12.6. The van der Waals surface area contributed by atoms with Crippen molar-refractivity contribution in [3.8, 4) is 0 Å². The number of hydrogen-bond donors (Lipinski definition) is 11. The van der Waals surface area contributed by atoms with Gasteiger partial charge >= 0.3 is 0 Å². The monoisotopic (exact) mass is 554 g/mol. The van der Waals surface area contributed by atoms with E-state index < -0.39 is 86.1 Å². The van der Waals surface area contributed by atoms with Crippen molar-refractivity contribution in [1.82, 2.24) is 15.5 Å². The summed E-state index contributed by atoms with van der Waals surface area (Å²) >= 11 is 0. The van der Waals surface area contributed by atoms with E-state index in [-0.39, 0.29) is 25.9 Å². The van der Waals surface area contributed by atoms with Gasteiger partial charge in [-0.15, -0.1) is 0 Å². The summed E-state index contributed by atoms with van der Waals surface area (Å²) in [6.45, 7) is 0.764. The van der Waals surface area contributed by atoms with Crippen LogP contribution >= 0.6 is 0 Å². The molecule has 0 radical (unpaired) electrons. The van der Waals surface area contributed by atoms with Crippen molar-refractivity contribution >= 4 is 11.8 Å². The molecule has 10 atom stereocenters. The number of aliphatic hydroxyl groups excluding tert-OH is 8. The molecule has 2 aliphatic heterocycles. The Bertz CT molecular complexity index is 676. The standard InChI is InChI=1S/C22H42N4O12/c23-1-4-26(5-2-24-15(29)7-11-17(31)21(35)19(33)13(9-27)37-11)6-3-25-16(30)8-12-18(32)22(36)20(34)14(10-28)38-12/h11-14,17-22,27-28,31-36H,1-10,23H2,(H,24,29)(H,25,30)/t11-,12-,13+,14+,17-,18-,19-,20-,21+,22+/m0/s1. The molecular formula is C22H42N4O12. The van der Waals surface area contributed by atoms with Gasteiger partial charge in [0.15, 0.2) is 0 Å². The van der Waals surface area contributed by atoms with E-state index in [2.05, 4.69) is 10.6 Å². The smallest absolute Gasteiger partial charge is 0.222 e. The van der Waals surface area contributed by atoms with Crippen molar-refractivity contribution in [3.05, 3.63) is 0 Å². The molecule has 0 saturated carbocycles. The molecule has 16 heteroatoms. The van der Waals surface area contributed by atoms with Gasteiger partial charge in [-0.2, -0.15) is 0 Å². The summed E-state index contributed by atoms with van der Waals surface area (Å²) in [4.78, 5) is 26.5. The quantitative estimate of drug-likeness (QED) is 0.0953.